The van der Waals surface area contributed by atoms with Gasteiger partial charge in [-0.05, 0) is 36.1 Å². The molecule has 0 fully saturated rings. The molecule has 0 aromatic carbocycles. The van der Waals surface area contributed by atoms with Crippen LogP contribution in [0.2, 0.25) is 0 Å². The van der Waals surface area contributed by atoms with Crippen LogP contribution in [0.4, 0.5) is 0 Å². The molecule has 3 nitrogen and oxygen atoms in total. The zero-order valence-corrected chi connectivity index (χ0v) is 10.9. The van der Waals surface area contributed by atoms with Crippen molar-refractivity contribution in [1.82, 2.24) is 9.55 Å². The lowest BCUT2D eigenvalue weighted by Gasteiger charge is -2.07. The zero-order valence-electron chi connectivity index (χ0n) is 10.9. The van der Waals surface area contributed by atoms with E-state index in [1.54, 1.807) is 6.20 Å². The highest BCUT2D eigenvalue weighted by Gasteiger charge is 2.06. The van der Waals surface area contributed by atoms with E-state index in [-0.39, 0.29) is 6.04 Å². The standard InChI is InChI=1S/C15H21N3/c1-2-4-15(16)14-7-10-18(12-14)9-6-13-5-3-8-17-11-13/h3,5,7-8,10-12,15H,2,4,6,9,16H2,1H3. The lowest BCUT2D eigenvalue weighted by molar-refractivity contribution is 0.632. The Labute approximate surface area is 109 Å². The minimum atomic E-state index is 0.176. The van der Waals surface area contributed by atoms with Crippen molar-refractivity contribution in [1.29, 1.82) is 0 Å². The first-order chi connectivity index (χ1) is 8.79. The summed E-state index contributed by atoms with van der Waals surface area (Å²) in [6, 6.07) is 6.40. The van der Waals surface area contributed by atoms with Gasteiger partial charge in [-0.15, -0.1) is 0 Å². The van der Waals surface area contributed by atoms with E-state index in [2.05, 4.69) is 41.0 Å². The fraction of sp³-hybridized carbons (Fsp3) is 0.400. The van der Waals surface area contributed by atoms with Gasteiger partial charge in [0, 0.05) is 37.4 Å². The molecule has 0 spiro atoms. The molecule has 2 aromatic rings. The van der Waals surface area contributed by atoms with Gasteiger partial charge in [-0.25, -0.2) is 0 Å². The van der Waals surface area contributed by atoms with Gasteiger partial charge < -0.3 is 10.3 Å². The summed E-state index contributed by atoms with van der Waals surface area (Å²) in [6.45, 7) is 3.14. The number of hydrogen-bond acceptors (Lipinski definition) is 2. The number of nitrogens with zero attached hydrogens (tertiary/aromatic N) is 2. The van der Waals surface area contributed by atoms with Crippen molar-refractivity contribution in [3.8, 4) is 0 Å². The van der Waals surface area contributed by atoms with E-state index < -0.39 is 0 Å². The number of nitrogens with two attached hydrogens (primary N) is 1. The van der Waals surface area contributed by atoms with Crippen molar-refractivity contribution < 1.29 is 0 Å². The first-order valence-electron chi connectivity index (χ1n) is 6.59. The van der Waals surface area contributed by atoms with Crippen LogP contribution in [0, 0.1) is 0 Å². The van der Waals surface area contributed by atoms with Crippen LogP contribution in [0.25, 0.3) is 0 Å². The van der Waals surface area contributed by atoms with Crippen molar-refractivity contribution >= 4 is 0 Å². The first kappa shape index (κ1) is 12.8. The van der Waals surface area contributed by atoms with E-state index in [9.17, 15) is 0 Å². The van der Waals surface area contributed by atoms with Gasteiger partial charge in [0.25, 0.3) is 0 Å². The number of rotatable bonds is 6. The lowest BCUT2D eigenvalue weighted by atomic mass is 10.1. The Morgan fingerprint density at radius 1 is 1.39 bits per heavy atom. The van der Waals surface area contributed by atoms with Crippen LogP contribution in [0.1, 0.15) is 36.9 Å². The molecule has 3 heteroatoms. The molecule has 0 bridgehead atoms. The largest absolute Gasteiger partial charge is 0.354 e. The van der Waals surface area contributed by atoms with Gasteiger partial charge in [0.2, 0.25) is 0 Å². The average Bonchev–Trinajstić information content (AvgIpc) is 2.87. The van der Waals surface area contributed by atoms with E-state index in [4.69, 9.17) is 5.73 Å². The molecule has 1 atom stereocenters. The molecule has 0 aliphatic carbocycles. The molecule has 1 unspecified atom stereocenters. The van der Waals surface area contributed by atoms with Gasteiger partial charge in [0.05, 0.1) is 0 Å². The van der Waals surface area contributed by atoms with E-state index in [0.717, 1.165) is 25.8 Å². The van der Waals surface area contributed by atoms with E-state index in [1.807, 2.05) is 12.3 Å². The third kappa shape index (κ3) is 3.44. The summed E-state index contributed by atoms with van der Waals surface area (Å²) in [5.41, 5.74) is 8.61. The fourth-order valence-electron chi connectivity index (χ4n) is 2.10. The highest BCUT2D eigenvalue weighted by atomic mass is 14.9. The Hall–Kier alpha value is -1.61. The van der Waals surface area contributed by atoms with Gasteiger partial charge >= 0.3 is 0 Å². The first-order valence-corrected chi connectivity index (χ1v) is 6.59. The summed E-state index contributed by atoms with van der Waals surface area (Å²) >= 11 is 0. The van der Waals surface area contributed by atoms with Gasteiger partial charge in [0.1, 0.15) is 0 Å². The molecule has 96 valence electrons. The molecule has 2 N–H and O–H groups in total. The summed E-state index contributed by atoms with van der Waals surface area (Å²) in [5.74, 6) is 0. The van der Waals surface area contributed by atoms with Crippen LogP contribution in [0.15, 0.2) is 43.0 Å². The van der Waals surface area contributed by atoms with Crippen molar-refractivity contribution in [2.75, 3.05) is 0 Å². The summed E-state index contributed by atoms with van der Waals surface area (Å²) in [5, 5.41) is 0. The van der Waals surface area contributed by atoms with Crippen molar-refractivity contribution in [2.24, 2.45) is 5.73 Å². The van der Waals surface area contributed by atoms with Gasteiger partial charge in [-0.3, -0.25) is 4.98 Å². The summed E-state index contributed by atoms with van der Waals surface area (Å²) in [6.07, 6.45) is 11.2. The lowest BCUT2D eigenvalue weighted by Crippen LogP contribution is -2.08. The maximum atomic E-state index is 6.10. The molecule has 0 saturated carbocycles. The number of pyridine rings is 1. The second-order valence-corrected chi connectivity index (χ2v) is 4.69. The van der Waals surface area contributed by atoms with E-state index >= 15 is 0 Å². The quantitative estimate of drug-likeness (QED) is 0.847. The highest BCUT2D eigenvalue weighted by Crippen LogP contribution is 2.16. The Kier molecular flexibility index (Phi) is 4.53. The Bertz CT molecular complexity index is 462. The normalized spacial score (nSPS) is 12.6. The third-order valence-corrected chi connectivity index (χ3v) is 3.18. The summed E-state index contributed by atoms with van der Waals surface area (Å²) in [4.78, 5) is 4.13. The van der Waals surface area contributed by atoms with Crippen LogP contribution < -0.4 is 5.73 Å². The highest BCUT2D eigenvalue weighted by molar-refractivity contribution is 5.15. The second-order valence-electron chi connectivity index (χ2n) is 4.69. The molecule has 2 heterocycles. The summed E-state index contributed by atoms with van der Waals surface area (Å²) < 4.78 is 2.21. The van der Waals surface area contributed by atoms with Crippen molar-refractivity contribution in [3.63, 3.8) is 0 Å². The number of aromatic nitrogens is 2. The number of hydrogen-bond donors (Lipinski definition) is 1. The fourth-order valence-corrected chi connectivity index (χ4v) is 2.10. The van der Waals surface area contributed by atoms with Crippen LogP contribution in [0.5, 0.6) is 0 Å². The van der Waals surface area contributed by atoms with Crippen molar-refractivity contribution in [2.45, 2.75) is 38.8 Å². The Morgan fingerprint density at radius 3 is 3.00 bits per heavy atom. The molecule has 0 saturated heterocycles. The molecule has 0 amide bonds. The average molecular weight is 243 g/mol. The second kappa shape index (κ2) is 6.36. The maximum Gasteiger partial charge on any atom is 0.0309 e. The van der Waals surface area contributed by atoms with Gasteiger partial charge in [-0.2, -0.15) is 0 Å². The van der Waals surface area contributed by atoms with Gasteiger partial charge in [0.15, 0.2) is 0 Å². The molecule has 2 rings (SSSR count). The van der Waals surface area contributed by atoms with Crippen molar-refractivity contribution in [3.05, 3.63) is 54.1 Å². The van der Waals surface area contributed by atoms with E-state index in [0.29, 0.717) is 0 Å². The molecule has 0 aliphatic heterocycles. The predicted octanol–water partition coefficient (Wildman–Crippen LogP) is 2.93. The topological polar surface area (TPSA) is 43.8 Å². The maximum absolute atomic E-state index is 6.10. The molecule has 0 radical (unpaired) electrons. The molecule has 0 aliphatic rings. The minimum Gasteiger partial charge on any atom is -0.354 e. The predicted molar refractivity (Wildman–Crippen MR) is 74.2 cm³/mol. The Balaban J connectivity index is 1.91. The third-order valence-electron chi connectivity index (χ3n) is 3.18. The molecular formula is C15H21N3. The number of aryl methyl sites for hydroxylation is 2. The minimum absolute atomic E-state index is 0.176. The van der Waals surface area contributed by atoms with Gasteiger partial charge in [-0.1, -0.05) is 19.4 Å². The van der Waals surface area contributed by atoms with E-state index in [1.165, 1.54) is 11.1 Å². The van der Waals surface area contributed by atoms with Crippen LogP contribution in [-0.4, -0.2) is 9.55 Å². The monoisotopic (exact) mass is 243 g/mol. The van der Waals surface area contributed by atoms with Crippen LogP contribution in [-0.2, 0) is 13.0 Å². The van der Waals surface area contributed by atoms with Crippen LogP contribution >= 0.6 is 0 Å². The zero-order chi connectivity index (χ0) is 12.8. The Morgan fingerprint density at radius 2 is 2.28 bits per heavy atom. The summed E-state index contributed by atoms with van der Waals surface area (Å²) in [7, 11) is 0. The molecule has 18 heavy (non-hydrogen) atoms. The molecule has 2 aromatic heterocycles. The SMILES string of the molecule is CCCC(N)c1ccn(CCc2cccnc2)c1. The van der Waals surface area contributed by atoms with Crippen LogP contribution in [0.3, 0.4) is 0 Å². The molecular weight excluding hydrogens is 222 g/mol. The smallest absolute Gasteiger partial charge is 0.0309 e.